The highest BCUT2D eigenvalue weighted by Gasteiger charge is 2.47. The van der Waals surface area contributed by atoms with Gasteiger partial charge in [-0.05, 0) is 31.0 Å². The predicted molar refractivity (Wildman–Crippen MR) is 98.4 cm³/mol. The lowest BCUT2D eigenvalue weighted by atomic mass is 9.80. The minimum Gasteiger partial charge on any atom is -0.368 e. The van der Waals surface area contributed by atoms with E-state index >= 15 is 4.39 Å². The summed E-state index contributed by atoms with van der Waals surface area (Å²) in [6.07, 6.45) is 2.99. The number of rotatable bonds is 6. The van der Waals surface area contributed by atoms with Crippen LogP contribution in [0.3, 0.4) is 0 Å². The second-order valence-corrected chi connectivity index (χ2v) is 6.74. The van der Waals surface area contributed by atoms with Crippen LogP contribution in [0.15, 0.2) is 49.2 Å². The van der Waals surface area contributed by atoms with E-state index in [1.165, 1.54) is 24.4 Å². The van der Waals surface area contributed by atoms with Crippen molar-refractivity contribution in [1.29, 1.82) is 0 Å². The number of amides is 1. The molecule has 0 unspecified atom stereocenters. The Hall–Kier alpha value is -2.31. The molecule has 0 fully saturated rings. The molecule has 1 N–H and O–H groups in total. The summed E-state index contributed by atoms with van der Waals surface area (Å²) in [5.74, 6) is -1.38. The summed E-state index contributed by atoms with van der Waals surface area (Å²) >= 11 is 5.72. The minimum atomic E-state index is -2.25. The van der Waals surface area contributed by atoms with Crippen molar-refractivity contribution in [2.24, 2.45) is 0 Å². The second kappa shape index (κ2) is 8.15. The van der Waals surface area contributed by atoms with Crippen molar-refractivity contribution in [3.63, 3.8) is 0 Å². The molecule has 2 aromatic rings. The van der Waals surface area contributed by atoms with Crippen LogP contribution in [0.5, 0.6) is 0 Å². The molecule has 7 heteroatoms. The van der Waals surface area contributed by atoms with E-state index in [1.54, 1.807) is 12.1 Å². The number of aromatic nitrogens is 1. The maximum absolute atomic E-state index is 15.7. The fraction of sp³-hybridized carbons (Fsp3) is 0.300. The summed E-state index contributed by atoms with van der Waals surface area (Å²) in [7, 11) is 0. The topological polar surface area (TPSA) is 51.2 Å². The van der Waals surface area contributed by atoms with Gasteiger partial charge in [0.25, 0.3) is 5.91 Å². The fourth-order valence-corrected chi connectivity index (χ4v) is 3.33. The van der Waals surface area contributed by atoms with Crippen LogP contribution in [-0.4, -0.2) is 17.5 Å². The monoisotopic (exact) mass is 392 g/mol. The average molecular weight is 393 g/mol. The first-order valence-corrected chi connectivity index (χ1v) is 8.92. The molecule has 27 heavy (non-hydrogen) atoms. The van der Waals surface area contributed by atoms with Gasteiger partial charge >= 0.3 is 0 Å². The van der Waals surface area contributed by atoms with Crippen LogP contribution in [0.25, 0.3) is 0 Å². The molecule has 1 aromatic carbocycles. The van der Waals surface area contributed by atoms with Gasteiger partial charge in [0.15, 0.2) is 0 Å². The maximum atomic E-state index is 15.7. The molecule has 2 atom stereocenters. The van der Waals surface area contributed by atoms with Gasteiger partial charge in [0.05, 0.1) is 12.3 Å². The van der Waals surface area contributed by atoms with Gasteiger partial charge in [0.1, 0.15) is 11.9 Å². The standard InChI is InChI=1S/C20H19ClF2N2O2/c1-2-10-27-17-7-8-20(23,15-4-3-9-24-18(15)17)19(26)25-12-13-5-6-14(21)11-16(13)22/h2-6,9,11,17H,1,7-8,10,12H2,(H,25,26)/t17-,20-/m0/s1. The van der Waals surface area contributed by atoms with Crippen LogP contribution >= 0.6 is 11.6 Å². The lowest BCUT2D eigenvalue weighted by molar-refractivity contribution is -0.136. The summed E-state index contributed by atoms with van der Waals surface area (Å²) in [6.45, 7) is 3.77. The number of benzene rings is 1. The summed E-state index contributed by atoms with van der Waals surface area (Å²) in [5, 5.41) is 2.74. The molecule has 0 saturated heterocycles. The molecule has 1 aromatic heterocycles. The smallest absolute Gasteiger partial charge is 0.262 e. The Morgan fingerprint density at radius 3 is 3.04 bits per heavy atom. The lowest BCUT2D eigenvalue weighted by Gasteiger charge is -2.34. The first-order valence-electron chi connectivity index (χ1n) is 8.54. The Morgan fingerprint density at radius 1 is 1.48 bits per heavy atom. The highest BCUT2D eigenvalue weighted by atomic mass is 35.5. The molecule has 1 heterocycles. The summed E-state index contributed by atoms with van der Waals surface area (Å²) in [6, 6.07) is 7.23. The van der Waals surface area contributed by atoms with Crippen molar-refractivity contribution in [2.45, 2.75) is 31.2 Å². The van der Waals surface area contributed by atoms with Crippen LogP contribution < -0.4 is 5.32 Å². The van der Waals surface area contributed by atoms with E-state index < -0.39 is 23.5 Å². The molecule has 1 aliphatic carbocycles. The first-order chi connectivity index (χ1) is 13.0. The molecular weight excluding hydrogens is 374 g/mol. The largest absolute Gasteiger partial charge is 0.368 e. The van der Waals surface area contributed by atoms with Gasteiger partial charge in [-0.1, -0.05) is 29.8 Å². The Morgan fingerprint density at radius 2 is 2.30 bits per heavy atom. The number of hydrogen-bond acceptors (Lipinski definition) is 3. The molecule has 3 rings (SSSR count). The van der Waals surface area contributed by atoms with Crippen molar-refractivity contribution in [2.75, 3.05) is 6.61 Å². The lowest BCUT2D eigenvalue weighted by Crippen LogP contribution is -2.44. The fourth-order valence-electron chi connectivity index (χ4n) is 3.17. The van der Waals surface area contributed by atoms with Gasteiger partial charge < -0.3 is 10.1 Å². The molecule has 4 nitrogen and oxygen atoms in total. The number of fused-ring (bicyclic) bond motifs is 1. The third-order valence-electron chi connectivity index (χ3n) is 4.55. The Kier molecular flexibility index (Phi) is 5.87. The highest BCUT2D eigenvalue weighted by molar-refractivity contribution is 6.30. The highest BCUT2D eigenvalue weighted by Crippen LogP contribution is 2.43. The Bertz CT molecular complexity index is 862. The van der Waals surface area contributed by atoms with Crippen LogP contribution in [0.2, 0.25) is 5.02 Å². The number of carbonyl (C=O) groups is 1. The van der Waals surface area contributed by atoms with Crippen molar-refractivity contribution in [3.05, 3.63) is 76.8 Å². The van der Waals surface area contributed by atoms with E-state index in [0.717, 1.165) is 6.07 Å². The summed E-state index contributed by atoms with van der Waals surface area (Å²) in [4.78, 5) is 16.9. The third-order valence-corrected chi connectivity index (χ3v) is 4.79. The molecule has 0 aliphatic heterocycles. The summed E-state index contributed by atoms with van der Waals surface area (Å²) < 4.78 is 35.2. The van der Waals surface area contributed by atoms with Crippen LogP contribution in [0.1, 0.15) is 35.8 Å². The van der Waals surface area contributed by atoms with Crippen LogP contribution in [0, 0.1) is 5.82 Å². The SMILES string of the molecule is C=CCO[C@H]1CC[C@@](F)(C(=O)NCc2ccc(Cl)cc2F)c2cccnc21. The van der Waals surface area contributed by atoms with E-state index in [9.17, 15) is 9.18 Å². The van der Waals surface area contributed by atoms with Crippen molar-refractivity contribution >= 4 is 17.5 Å². The number of pyridine rings is 1. The number of ether oxygens (including phenoxy) is 1. The van der Waals surface area contributed by atoms with Crippen LogP contribution in [-0.2, 0) is 21.7 Å². The van der Waals surface area contributed by atoms with Crippen molar-refractivity contribution < 1.29 is 18.3 Å². The van der Waals surface area contributed by atoms with Gasteiger partial charge in [-0.2, -0.15) is 0 Å². The molecule has 1 aliphatic rings. The number of carbonyl (C=O) groups excluding carboxylic acids is 1. The Balaban J connectivity index is 1.80. The van der Waals surface area contributed by atoms with Gasteiger partial charge in [-0.15, -0.1) is 6.58 Å². The van der Waals surface area contributed by atoms with Crippen molar-refractivity contribution in [3.8, 4) is 0 Å². The molecule has 0 bridgehead atoms. The number of hydrogen-bond donors (Lipinski definition) is 1. The molecule has 0 radical (unpaired) electrons. The number of halogens is 3. The molecule has 0 spiro atoms. The predicted octanol–water partition coefficient (Wildman–Crippen LogP) is 4.39. The Labute approximate surface area is 161 Å². The zero-order valence-corrected chi connectivity index (χ0v) is 15.3. The summed E-state index contributed by atoms with van der Waals surface area (Å²) in [5.41, 5.74) is -1.44. The first kappa shape index (κ1) is 19.5. The van der Waals surface area contributed by atoms with E-state index in [-0.39, 0.29) is 29.1 Å². The van der Waals surface area contributed by atoms with E-state index in [1.807, 2.05) is 0 Å². The van der Waals surface area contributed by atoms with E-state index in [4.69, 9.17) is 16.3 Å². The number of nitrogens with zero attached hydrogens (tertiary/aromatic N) is 1. The van der Waals surface area contributed by atoms with E-state index in [2.05, 4.69) is 16.9 Å². The number of nitrogens with one attached hydrogen (secondary N) is 1. The zero-order valence-electron chi connectivity index (χ0n) is 14.6. The van der Waals surface area contributed by atoms with Crippen molar-refractivity contribution in [1.82, 2.24) is 10.3 Å². The normalized spacial score (nSPS) is 21.4. The molecule has 1 amide bonds. The minimum absolute atomic E-state index is 0.0531. The maximum Gasteiger partial charge on any atom is 0.262 e. The quantitative estimate of drug-likeness (QED) is 0.741. The number of alkyl halides is 1. The van der Waals surface area contributed by atoms with Gasteiger partial charge in [-0.25, -0.2) is 8.78 Å². The third kappa shape index (κ3) is 4.01. The van der Waals surface area contributed by atoms with Crippen LogP contribution in [0.4, 0.5) is 8.78 Å². The second-order valence-electron chi connectivity index (χ2n) is 6.31. The van der Waals surface area contributed by atoms with Gasteiger partial charge in [0.2, 0.25) is 5.67 Å². The van der Waals surface area contributed by atoms with E-state index in [0.29, 0.717) is 18.7 Å². The molecular formula is C20H19ClF2N2O2. The average Bonchev–Trinajstić information content (AvgIpc) is 2.67. The molecule has 0 saturated carbocycles. The van der Waals surface area contributed by atoms with Gasteiger partial charge in [-0.3, -0.25) is 9.78 Å². The molecule has 142 valence electrons. The van der Waals surface area contributed by atoms with Gasteiger partial charge in [0, 0.05) is 28.9 Å². The zero-order chi connectivity index (χ0) is 19.4.